The first-order chi connectivity index (χ1) is 11.7. The highest BCUT2D eigenvalue weighted by Gasteiger charge is 2.19. The Bertz CT molecular complexity index is 762. The lowest BCUT2D eigenvalue weighted by molar-refractivity contribution is 0.0811. The molecule has 0 unspecified atom stereocenters. The van der Waals surface area contributed by atoms with Gasteiger partial charge in [0, 0.05) is 26.4 Å². The number of benzene rings is 1. The van der Waals surface area contributed by atoms with Gasteiger partial charge in [0.2, 0.25) is 5.78 Å². The molecule has 0 fully saturated rings. The van der Waals surface area contributed by atoms with Crippen molar-refractivity contribution < 1.29 is 13.9 Å². The Kier molecular flexibility index (Phi) is 6.84. The molecule has 4 nitrogen and oxygen atoms in total. The lowest BCUT2D eigenvalue weighted by Crippen LogP contribution is -2.22. The van der Waals surface area contributed by atoms with Gasteiger partial charge in [0.25, 0.3) is 0 Å². The molecule has 0 saturated heterocycles. The maximum Gasteiger partial charge on any atom is 0.228 e. The Morgan fingerprint density at radius 2 is 2.12 bits per heavy atom. The number of carbonyl (C=O) groups excluding carboxylic acids is 1. The fourth-order valence-electron chi connectivity index (χ4n) is 2.08. The maximum atomic E-state index is 13.3. The Morgan fingerprint density at radius 1 is 1.40 bits per heavy atom. The number of thioether (sulfide) groups is 1. The number of aromatic nitrogens is 2. The number of halogens is 2. The molecule has 1 aromatic carbocycles. The normalized spacial score (nSPS) is 11.8. The number of imidazole rings is 1. The predicted octanol–water partition coefficient (Wildman–Crippen LogP) is 4.94. The number of ketones is 1. The number of carbonyl (C=O) groups is 1. The summed E-state index contributed by atoms with van der Waals surface area (Å²) in [6.45, 7) is 7.76. The molecule has 136 valence electrons. The minimum absolute atomic E-state index is 0.0829. The van der Waals surface area contributed by atoms with Crippen LogP contribution in [0.1, 0.15) is 16.2 Å². The molecule has 0 bridgehead atoms. The fraction of sp³-hybridized carbons (Fsp3) is 0.412. The van der Waals surface area contributed by atoms with Crippen molar-refractivity contribution in [2.75, 3.05) is 12.9 Å². The molecule has 0 aliphatic heterocycles. The second kappa shape index (κ2) is 8.49. The summed E-state index contributed by atoms with van der Waals surface area (Å²) in [7, 11) is -1.17. The van der Waals surface area contributed by atoms with E-state index >= 15 is 0 Å². The molecule has 2 rings (SSSR count). The number of nitrogens with zero attached hydrogens (tertiary/aromatic N) is 2. The standard InChI is InChI=1S/C17H22ClFN2O2SSi/c1-24-15-10-21(11-23-7-8-25(2,3)4)17(20-15)16(22)12-5-6-14(19)13(18)9-12/h5-6,9-10H,7-8,11H2,1-4H3. The van der Waals surface area contributed by atoms with Crippen LogP contribution in [0.5, 0.6) is 0 Å². The second-order valence-electron chi connectivity index (χ2n) is 6.88. The Hall–Kier alpha value is -1.15. The second-order valence-corrected chi connectivity index (χ2v) is 13.7. The summed E-state index contributed by atoms with van der Waals surface area (Å²) >= 11 is 7.23. The van der Waals surface area contributed by atoms with Crippen LogP contribution < -0.4 is 0 Å². The topological polar surface area (TPSA) is 44.1 Å². The van der Waals surface area contributed by atoms with E-state index < -0.39 is 13.9 Å². The van der Waals surface area contributed by atoms with Crippen molar-refractivity contribution in [2.45, 2.75) is 37.4 Å². The van der Waals surface area contributed by atoms with Gasteiger partial charge in [-0.25, -0.2) is 9.37 Å². The zero-order chi connectivity index (χ0) is 18.6. The summed E-state index contributed by atoms with van der Waals surface area (Å²) in [6, 6.07) is 4.97. The summed E-state index contributed by atoms with van der Waals surface area (Å²) in [5.41, 5.74) is 0.299. The molecular weight excluding hydrogens is 379 g/mol. The van der Waals surface area contributed by atoms with Gasteiger partial charge >= 0.3 is 0 Å². The number of hydrogen-bond acceptors (Lipinski definition) is 4. The third-order valence-electron chi connectivity index (χ3n) is 3.58. The summed E-state index contributed by atoms with van der Waals surface area (Å²) in [5.74, 6) is -0.600. The number of ether oxygens (including phenoxy) is 1. The zero-order valence-electron chi connectivity index (χ0n) is 14.8. The molecule has 0 N–H and O–H groups in total. The van der Waals surface area contributed by atoms with Crippen molar-refractivity contribution in [3.8, 4) is 0 Å². The van der Waals surface area contributed by atoms with E-state index in [9.17, 15) is 9.18 Å². The summed E-state index contributed by atoms with van der Waals surface area (Å²) in [6.07, 6.45) is 3.68. The van der Waals surface area contributed by atoms with E-state index in [4.69, 9.17) is 16.3 Å². The van der Waals surface area contributed by atoms with E-state index in [0.29, 0.717) is 12.2 Å². The van der Waals surface area contributed by atoms with Crippen LogP contribution in [0.4, 0.5) is 4.39 Å². The summed E-state index contributed by atoms with van der Waals surface area (Å²) in [5, 5.41) is 0.644. The highest BCUT2D eigenvalue weighted by atomic mass is 35.5. The van der Waals surface area contributed by atoms with Gasteiger partial charge in [-0.1, -0.05) is 31.2 Å². The first-order valence-corrected chi connectivity index (χ1v) is 13.2. The summed E-state index contributed by atoms with van der Waals surface area (Å²) in [4.78, 5) is 17.1. The first-order valence-electron chi connectivity index (χ1n) is 7.90. The molecule has 2 aromatic rings. The van der Waals surface area contributed by atoms with Crippen molar-refractivity contribution in [3.05, 3.63) is 46.6 Å². The van der Waals surface area contributed by atoms with Crippen molar-refractivity contribution in [1.82, 2.24) is 9.55 Å². The van der Waals surface area contributed by atoms with Gasteiger partial charge in [-0.2, -0.15) is 0 Å². The molecule has 0 atom stereocenters. The zero-order valence-corrected chi connectivity index (χ0v) is 17.4. The maximum absolute atomic E-state index is 13.3. The van der Waals surface area contributed by atoms with Crippen molar-refractivity contribution in [1.29, 1.82) is 0 Å². The molecule has 1 heterocycles. The van der Waals surface area contributed by atoms with Crippen molar-refractivity contribution in [2.24, 2.45) is 0 Å². The minimum atomic E-state index is -1.17. The Morgan fingerprint density at radius 3 is 2.72 bits per heavy atom. The molecule has 0 aliphatic carbocycles. The van der Waals surface area contributed by atoms with Gasteiger partial charge in [-0.05, 0) is 30.5 Å². The highest BCUT2D eigenvalue weighted by Crippen LogP contribution is 2.21. The Balaban J connectivity index is 2.17. The largest absolute Gasteiger partial charge is 0.361 e. The summed E-state index contributed by atoms with van der Waals surface area (Å²) < 4.78 is 20.7. The molecule has 8 heteroatoms. The average molecular weight is 401 g/mol. The smallest absolute Gasteiger partial charge is 0.228 e. The van der Waals surface area contributed by atoms with Gasteiger partial charge < -0.3 is 9.30 Å². The van der Waals surface area contributed by atoms with Crippen molar-refractivity contribution in [3.63, 3.8) is 0 Å². The van der Waals surface area contributed by atoms with E-state index in [1.54, 1.807) is 10.8 Å². The van der Waals surface area contributed by atoms with Gasteiger partial charge in [0.1, 0.15) is 17.6 Å². The predicted molar refractivity (Wildman–Crippen MR) is 103 cm³/mol. The lowest BCUT2D eigenvalue weighted by atomic mass is 10.1. The number of rotatable bonds is 8. The van der Waals surface area contributed by atoms with Gasteiger partial charge in [0.15, 0.2) is 5.82 Å². The molecule has 0 saturated carbocycles. The molecule has 0 aliphatic rings. The van der Waals surface area contributed by atoms with Crippen LogP contribution in [0.3, 0.4) is 0 Å². The molecule has 25 heavy (non-hydrogen) atoms. The van der Waals surface area contributed by atoms with E-state index in [-0.39, 0.29) is 23.4 Å². The quantitative estimate of drug-likeness (QED) is 0.272. The van der Waals surface area contributed by atoms with E-state index in [1.165, 1.54) is 30.0 Å². The third kappa shape index (κ3) is 5.67. The molecule has 0 amide bonds. The van der Waals surface area contributed by atoms with Crippen LogP contribution in [-0.2, 0) is 11.5 Å². The molecular formula is C17H22ClFN2O2SSi. The van der Waals surface area contributed by atoms with Gasteiger partial charge in [-0.3, -0.25) is 4.79 Å². The lowest BCUT2D eigenvalue weighted by Gasteiger charge is -2.16. The van der Waals surface area contributed by atoms with Crippen LogP contribution in [-0.4, -0.2) is 36.3 Å². The monoisotopic (exact) mass is 400 g/mol. The first kappa shape index (κ1) is 20.2. The number of hydrogen-bond donors (Lipinski definition) is 0. The SMILES string of the molecule is CSc1cn(COCC[Si](C)(C)C)c(C(=O)c2ccc(F)c(Cl)c2)n1. The Labute approximate surface area is 157 Å². The van der Waals surface area contributed by atoms with Crippen LogP contribution in [0.15, 0.2) is 29.4 Å². The van der Waals surface area contributed by atoms with Crippen LogP contribution >= 0.6 is 23.4 Å². The van der Waals surface area contributed by atoms with Gasteiger partial charge in [-0.15, -0.1) is 11.8 Å². The van der Waals surface area contributed by atoms with E-state index in [2.05, 4.69) is 24.6 Å². The highest BCUT2D eigenvalue weighted by molar-refractivity contribution is 7.98. The van der Waals surface area contributed by atoms with E-state index in [0.717, 1.165) is 11.1 Å². The fourth-order valence-corrected chi connectivity index (χ4v) is 3.43. The average Bonchev–Trinajstić information content (AvgIpc) is 2.96. The van der Waals surface area contributed by atoms with Crippen LogP contribution in [0.25, 0.3) is 0 Å². The van der Waals surface area contributed by atoms with Crippen molar-refractivity contribution >= 4 is 37.2 Å². The van der Waals surface area contributed by atoms with Gasteiger partial charge in [0.05, 0.1) is 5.02 Å². The molecule has 1 aromatic heterocycles. The third-order valence-corrected chi connectivity index (χ3v) is 6.18. The minimum Gasteiger partial charge on any atom is -0.361 e. The molecule has 0 radical (unpaired) electrons. The molecule has 0 spiro atoms. The van der Waals surface area contributed by atoms with Crippen LogP contribution in [0.2, 0.25) is 30.7 Å². The van der Waals surface area contributed by atoms with Crippen LogP contribution in [0, 0.1) is 5.82 Å². The van der Waals surface area contributed by atoms with E-state index in [1.807, 2.05) is 6.26 Å².